The SMILES string of the molecule is Clc1ccc(C2=NN(c3nc(-c4ccccc4)c4cc(Cl)ccc4n3)[C@@H](c3cccs3)C2)cc1. The van der Waals surface area contributed by atoms with E-state index in [0.29, 0.717) is 16.0 Å². The molecule has 0 aliphatic carbocycles. The zero-order valence-electron chi connectivity index (χ0n) is 17.9. The highest BCUT2D eigenvalue weighted by Crippen LogP contribution is 2.39. The fourth-order valence-corrected chi connectivity index (χ4v) is 5.33. The van der Waals surface area contributed by atoms with E-state index in [1.807, 2.05) is 65.7 Å². The lowest BCUT2D eigenvalue weighted by Crippen LogP contribution is -2.20. The number of nitrogens with zero attached hydrogens (tertiary/aromatic N) is 4. The van der Waals surface area contributed by atoms with Gasteiger partial charge in [0.05, 0.1) is 23.0 Å². The third kappa shape index (κ3) is 3.96. The molecule has 1 aliphatic heterocycles. The molecule has 7 heteroatoms. The van der Waals surface area contributed by atoms with Gasteiger partial charge in [0.1, 0.15) is 0 Å². The van der Waals surface area contributed by atoms with Gasteiger partial charge in [0, 0.05) is 32.3 Å². The highest BCUT2D eigenvalue weighted by atomic mass is 35.5. The van der Waals surface area contributed by atoms with Crippen molar-refractivity contribution in [3.8, 4) is 11.3 Å². The monoisotopic (exact) mass is 500 g/mol. The summed E-state index contributed by atoms with van der Waals surface area (Å²) >= 11 is 14.2. The molecule has 0 radical (unpaired) electrons. The van der Waals surface area contributed by atoms with Gasteiger partial charge in [-0.05, 0) is 47.3 Å². The zero-order chi connectivity index (χ0) is 23.1. The van der Waals surface area contributed by atoms with Crippen LogP contribution in [0.25, 0.3) is 22.2 Å². The summed E-state index contributed by atoms with van der Waals surface area (Å²) in [6, 6.07) is 27.9. The smallest absolute Gasteiger partial charge is 0.223 e. The van der Waals surface area contributed by atoms with Crippen molar-refractivity contribution >= 4 is 57.1 Å². The average Bonchev–Trinajstić information content (AvgIpc) is 3.55. The molecule has 0 unspecified atom stereocenters. The van der Waals surface area contributed by atoms with Gasteiger partial charge in [-0.1, -0.05) is 71.7 Å². The summed E-state index contributed by atoms with van der Waals surface area (Å²) < 4.78 is 0. The number of hydrogen-bond acceptors (Lipinski definition) is 5. The number of aromatic nitrogens is 2. The lowest BCUT2D eigenvalue weighted by Gasteiger charge is -2.21. The fourth-order valence-electron chi connectivity index (χ4n) is 4.22. The van der Waals surface area contributed by atoms with Crippen molar-refractivity contribution < 1.29 is 0 Å². The minimum Gasteiger partial charge on any atom is -0.223 e. The van der Waals surface area contributed by atoms with Crippen LogP contribution < -0.4 is 5.01 Å². The molecule has 166 valence electrons. The molecule has 0 fully saturated rings. The van der Waals surface area contributed by atoms with Crippen molar-refractivity contribution in [2.75, 3.05) is 5.01 Å². The van der Waals surface area contributed by atoms with E-state index in [4.69, 9.17) is 38.3 Å². The largest absolute Gasteiger partial charge is 0.247 e. The number of fused-ring (bicyclic) bond motifs is 1. The Morgan fingerprint density at radius 3 is 2.35 bits per heavy atom. The van der Waals surface area contributed by atoms with Gasteiger partial charge in [0.15, 0.2) is 0 Å². The average molecular weight is 501 g/mol. The third-order valence-corrected chi connectivity index (χ3v) is 7.32. The molecule has 1 atom stereocenters. The van der Waals surface area contributed by atoms with Crippen molar-refractivity contribution in [1.29, 1.82) is 0 Å². The van der Waals surface area contributed by atoms with Crippen molar-refractivity contribution in [1.82, 2.24) is 9.97 Å². The minimum absolute atomic E-state index is 0.0130. The molecule has 1 aliphatic rings. The van der Waals surface area contributed by atoms with Gasteiger partial charge < -0.3 is 0 Å². The highest BCUT2D eigenvalue weighted by Gasteiger charge is 2.33. The molecular formula is C27H18Cl2N4S. The molecule has 34 heavy (non-hydrogen) atoms. The van der Waals surface area contributed by atoms with Gasteiger partial charge >= 0.3 is 0 Å². The molecule has 3 aromatic carbocycles. The Balaban J connectivity index is 1.53. The minimum atomic E-state index is 0.0130. The number of halogens is 2. The molecule has 0 saturated heterocycles. The Hall–Kier alpha value is -3.25. The van der Waals surface area contributed by atoms with Crippen LogP contribution >= 0.6 is 34.5 Å². The standard InChI is InChI=1S/C27H18Cl2N4S/c28-19-10-8-17(9-11-19)23-16-24(25-7-4-14-34-25)33(32-23)27-30-22-13-12-20(29)15-21(22)26(31-27)18-5-2-1-3-6-18/h1-15,24H,16H2/t24-/m1/s1. The van der Waals surface area contributed by atoms with Crippen LogP contribution in [-0.4, -0.2) is 15.7 Å². The van der Waals surface area contributed by atoms with Crippen LogP contribution in [0.5, 0.6) is 0 Å². The summed E-state index contributed by atoms with van der Waals surface area (Å²) in [7, 11) is 0. The first-order valence-electron chi connectivity index (χ1n) is 10.8. The maximum Gasteiger partial charge on any atom is 0.247 e. The summed E-state index contributed by atoms with van der Waals surface area (Å²) in [4.78, 5) is 11.2. The molecular weight excluding hydrogens is 483 g/mol. The van der Waals surface area contributed by atoms with Gasteiger partial charge in [-0.15, -0.1) is 11.3 Å². The predicted octanol–water partition coefficient (Wildman–Crippen LogP) is 8.02. The van der Waals surface area contributed by atoms with Crippen LogP contribution in [0.15, 0.2) is 95.4 Å². The first kappa shape index (κ1) is 21.3. The highest BCUT2D eigenvalue weighted by molar-refractivity contribution is 7.10. The summed E-state index contributed by atoms with van der Waals surface area (Å²) in [5, 5.41) is 11.3. The number of anilines is 1. The van der Waals surface area contributed by atoms with E-state index in [1.165, 1.54) is 4.88 Å². The molecule has 0 N–H and O–H groups in total. The van der Waals surface area contributed by atoms with Crippen LogP contribution in [0.3, 0.4) is 0 Å². The van der Waals surface area contributed by atoms with Gasteiger partial charge in [0.25, 0.3) is 0 Å². The summed E-state index contributed by atoms with van der Waals surface area (Å²) in [5.41, 5.74) is 4.70. The number of benzene rings is 3. The van der Waals surface area contributed by atoms with E-state index in [0.717, 1.165) is 39.9 Å². The molecule has 6 rings (SSSR count). The van der Waals surface area contributed by atoms with Gasteiger partial charge in [-0.3, -0.25) is 0 Å². The number of rotatable bonds is 4. The second-order valence-electron chi connectivity index (χ2n) is 8.03. The van der Waals surface area contributed by atoms with Crippen molar-refractivity contribution in [3.05, 3.63) is 111 Å². The van der Waals surface area contributed by atoms with E-state index in [9.17, 15) is 0 Å². The van der Waals surface area contributed by atoms with Crippen LogP contribution in [0.2, 0.25) is 10.0 Å². The normalized spacial score (nSPS) is 15.6. The lowest BCUT2D eigenvalue weighted by molar-refractivity contribution is 0.700. The number of hydrazone groups is 1. The molecule has 4 nitrogen and oxygen atoms in total. The van der Waals surface area contributed by atoms with Crippen LogP contribution in [0, 0.1) is 0 Å². The molecule has 5 aromatic rings. The molecule has 3 heterocycles. The Kier molecular flexibility index (Phi) is 5.53. The van der Waals surface area contributed by atoms with Crippen LogP contribution in [0.4, 0.5) is 5.95 Å². The number of hydrogen-bond donors (Lipinski definition) is 0. The molecule has 0 amide bonds. The van der Waals surface area contributed by atoms with E-state index in [1.54, 1.807) is 11.3 Å². The Morgan fingerprint density at radius 2 is 1.59 bits per heavy atom. The van der Waals surface area contributed by atoms with Crippen molar-refractivity contribution in [3.63, 3.8) is 0 Å². The topological polar surface area (TPSA) is 41.4 Å². The zero-order valence-corrected chi connectivity index (χ0v) is 20.2. The Morgan fingerprint density at radius 1 is 0.794 bits per heavy atom. The van der Waals surface area contributed by atoms with Crippen LogP contribution in [0.1, 0.15) is 22.9 Å². The van der Waals surface area contributed by atoms with Gasteiger partial charge in [0.2, 0.25) is 5.95 Å². The van der Waals surface area contributed by atoms with E-state index in [2.05, 4.69) is 29.6 Å². The molecule has 0 saturated carbocycles. The summed E-state index contributed by atoms with van der Waals surface area (Å²) in [6.07, 6.45) is 0.755. The van der Waals surface area contributed by atoms with Gasteiger partial charge in [-0.25, -0.2) is 15.0 Å². The van der Waals surface area contributed by atoms with Crippen molar-refractivity contribution in [2.24, 2.45) is 5.10 Å². The van der Waals surface area contributed by atoms with Crippen LogP contribution in [-0.2, 0) is 0 Å². The fraction of sp³-hybridized carbons (Fsp3) is 0.0741. The summed E-state index contributed by atoms with van der Waals surface area (Å²) in [5.74, 6) is 0.566. The predicted molar refractivity (Wildman–Crippen MR) is 142 cm³/mol. The maximum atomic E-state index is 6.34. The quantitative estimate of drug-likeness (QED) is 0.250. The maximum absolute atomic E-state index is 6.34. The second kappa shape index (κ2) is 8.84. The molecule has 2 aromatic heterocycles. The first-order chi connectivity index (χ1) is 16.7. The van der Waals surface area contributed by atoms with Gasteiger partial charge in [-0.2, -0.15) is 5.10 Å². The second-order valence-corrected chi connectivity index (χ2v) is 9.89. The Bertz CT molecular complexity index is 1500. The Labute approximate surface area is 211 Å². The van der Waals surface area contributed by atoms with Crippen molar-refractivity contribution in [2.45, 2.75) is 12.5 Å². The van der Waals surface area contributed by atoms with E-state index in [-0.39, 0.29) is 6.04 Å². The molecule has 0 bridgehead atoms. The lowest BCUT2D eigenvalue weighted by atomic mass is 10.0. The third-order valence-electron chi connectivity index (χ3n) is 5.86. The van der Waals surface area contributed by atoms with E-state index < -0.39 is 0 Å². The summed E-state index contributed by atoms with van der Waals surface area (Å²) in [6.45, 7) is 0. The molecule has 0 spiro atoms. The first-order valence-corrected chi connectivity index (χ1v) is 12.5. The number of thiophene rings is 1. The van der Waals surface area contributed by atoms with E-state index >= 15 is 0 Å².